The molecule has 0 aromatic rings. The minimum Gasteiger partial charge on any atom is -0.462 e. The van der Waals surface area contributed by atoms with E-state index in [0.29, 0.717) is 19.3 Å². The van der Waals surface area contributed by atoms with Gasteiger partial charge in [-0.15, -0.1) is 0 Å². The molecule has 0 heterocycles. The highest BCUT2D eigenvalue weighted by molar-refractivity contribution is 5.71. The summed E-state index contributed by atoms with van der Waals surface area (Å²) in [5.74, 6) is -0.821. The average molecular weight is 1100 g/mol. The van der Waals surface area contributed by atoms with Crippen molar-refractivity contribution in [2.24, 2.45) is 0 Å². The van der Waals surface area contributed by atoms with Gasteiger partial charge in [0.05, 0.1) is 0 Å². The smallest absolute Gasteiger partial charge is 0.306 e. The summed E-state index contributed by atoms with van der Waals surface area (Å²) < 4.78 is 17.0. The van der Waals surface area contributed by atoms with Crippen LogP contribution in [0.2, 0.25) is 0 Å². The molecule has 0 aliphatic rings. The Morgan fingerprint density at radius 3 is 0.513 bits per heavy atom. The summed E-state index contributed by atoms with van der Waals surface area (Å²) in [5, 5.41) is 0. The number of esters is 3. The van der Waals surface area contributed by atoms with Crippen molar-refractivity contribution in [3.05, 3.63) is 0 Å². The molecular formula is C72H140O6. The predicted molar refractivity (Wildman–Crippen MR) is 340 cm³/mol. The van der Waals surface area contributed by atoms with E-state index in [4.69, 9.17) is 14.2 Å². The second-order valence-corrected chi connectivity index (χ2v) is 24.9. The van der Waals surface area contributed by atoms with Gasteiger partial charge in [0.15, 0.2) is 6.10 Å². The minimum atomic E-state index is -0.763. The van der Waals surface area contributed by atoms with Crippen molar-refractivity contribution in [3.8, 4) is 0 Å². The molecule has 0 amide bonds. The van der Waals surface area contributed by atoms with Crippen molar-refractivity contribution in [1.29, 1.82) is 0 Å². The SMILES string of the molecule is CCCCCCCCCCCCCCCCCCCCCCCCCCCCCC(=O)OCC(COC(=O)CCCCCCCCCCCCCC)OC(=O)CCCCCCCCCCCCCCCCCCCCCCC. The van der Waals surface area contributed by atoms with Crippen LogP contribution in [0.4, 0.5) is 0 Å². The molecule has 0 spiro atoms. The van der Waals surface area contributed by atoms with E-state index in [9.17, 15) is 14.4 Å². The molecule has 0 aliphatic carbocycles. The lowest BCUT2D eigenvalue weighted by Crippen LogP contribution is -2.30. The van der Waals surface area contributed by atoms with Crippen LogP contribution in [0.25, 0.3) is 0 Å². The first kappa shape index (κ1) is 76.4. The second-order valence-electron chi connectivity index (χ2n) is 24.9. The third-order valence-corrected chi connectivity index (χ3v) is 16.9. The van der Waals surface area contributed by atoms with Crippen molar-refractivity contribution >= 4 is 17.9 Å². The van der Waals surface area contributed by atoms with E-state index in [1.807, 2.05) is 0 Å². The minimum absolute atomic E-state index is 0.0602. The van der Waals surface area contributed by atoms with Gasteiger partial charge in [-0.1, -0.05) is 387 Å². The first-order chi connectivity index (χ1) is 38.5. The van der Waals surface area contributed by atoms with Gasteiger partial charge >= 0.3 is 17.9 Å². The number of carbonyl (C=O) groups is 3. The van der Waals surface area contributed by atoms with Gasteiger partial charge in [0.25, 0.3) is 0 Å². The summed E-state index contributed by atoms with van der Waals surface area (Å²) in [6.45, 7) is 6.74. The standard InChI is InChI=1S/C72H140O6/c1-4-7-10-13-16-19-22-25-27-29-31-33-34-35-36-37-38-40-41-43-45-47-50-53-56-59-62-65-71(74)77-68-69(67-76-70(73)64-61-58-55-52-49-24-21-18-15-12-9-6-3)78-72(75)66-63-60-57-54-51-48-46-44-42-39-32-30-28-26-23-20-17-14-11-8-5-2/h69H,4-68H2,1-3H3. The van der Waals surface area contributed by atoms with Crippen LogP contribution < -0.4 is 0 Å². The molecule has 0 saturated heterocycles. The average Bonchev–Trinajstić information content (AvgIpc) is 3.44. The highest BCUT2D eigenvalue weighted by Gasteiger charge is 2.20. The monoisotopic (exact) mass is 1100 g/mol. The maximum Gasteiger partial charge on any atom is 0.306 e. The zero-order chi connectivity index (χ0) is 56.4. The van der Waals surface area contributed by atoms with Gasteiger partial charge in [-0.2, -0.15) is 0 Å². The second kappa shape index (κ2) is 67.9. The molecule has 464 valence electrons. The summed E-state index contributed by atoms with van der Waals surface area (Å²) in [6, 6.07) is 0. The highest BCUT2D eigenvalue weighted by Crippen LogP contribution is 2.20. The van der Waals surface area contributed by atoms with Gasteiger partial charge < -0.3 is 14.2 Å². The number of hydrogen-bond donors (Lipinski definition) is 0. The summed E-state index contributed by atoms with van der Waals surface area (Å²) in [7, 11) is 0. The first-order valence-electron chi connectivity index (χ1n) is 36.0. The molecule has 1 unspecified atom stereocenters. The molecule has 0 radical (unpaired) electrons. The normalized spacial score (nSPS) is 11.9. The summed E-state index contributed by atoms with van der Waals surface area (Å²) >= 11 is 0. The fraction of sp³-hybridized carbons (Fsp3) is 0.958. The van der Waals surface area contributed by atoms with Gasteiger partial charge in [0.1, 0.15) is 13.2 Å². The Labute approximate surface area is 488 Å². The van der Waals surface area contributed by atoms with Gasteiger partial charge in [0, 0.05) is 19.3 Å². The maximum absolute atomic E-state index is 12.9. The van der Waals surface area contributed by atoms with Gasteiger partial charge in [-0.05, 0) is 19.3 Å². The summed E-state index contributed by atoms with van der Waals surface area (Å²) in [5.41, 5.74) is 0. The van der Waals surface area contributed by atoms with Crippen LogP contribution in [-0.4, -0.2) is 37.2 Å². The topological polar surface area (TPSA) is 78.9 Å². The van der Waals surface area contributed by atoms with Crippen LogP contribution in [0.15, 0.2) is 0 Å². The van der Waals surface area contributed by atoms with Crippen molar-refractivity contribution in [1.82, 2.24) is 0 Å². The number of carbonyl (C=O) groups excluding carboxylic acids is 3. The number of unbranched alkanes of at least 4 members (excludes halogenated alkanes) is 57. The highest BCUT2D eigenvalue weighted by atomic mass is 16.6. The van der Waals surface area contributed by atoms with Crippen molar-refractivity contribution in [2.45, 2.75) is 431 Å². The van der Waals surface area contributed by atoms with Gasteiger partial charge in [0.2, 0.25) is 0 Å². The number of hydrogen-bond acceptors (Lipinski definition) is 6. The molecule has 0 saturated carbocycles. The Hall–Kier alpha value is -1.59. The zero-order valence-electron chi connectivity index (χ0n) is 53.5. The molecular weight excluding hydrogens is 961 g/mol. The summed E-state index contributed by atoms with van der Waals surface area (Å²) in [6.07, 6.45) is 80.0. The van der Waals surface area contributed by atoms with E-state index in [1.165, 1.54) is 327 Å². The predicted octanol–water partition coefficient (Wildman–Crippen LogP) is 24.6. The Balaban J connectivity index is 4.14. The van der Waals surface area contributed by atoms with Crippen molar-refractivity contribution in [3.63, 3.8) is 0 Å². The number of ether oxygens (including phenoxy) is 3. The zero-order valence-corrected chi connectivity index (χ0v) is 53.5. The third-order valence-electron chi connectivity index (χ3n) is 16.9. The van der Waals surface area contributed by atoms with E-state index < -0.39 is 6.10 Å². The maximum atomic E-state index is 12.9. The van der Waals surface area contributed by atoms with Crippen molar-refractivity contribution < 1.29 is 28.6 Å². The largest absolute Gasteiger partial charge is 0.462 e. The fourth-order valence-electron chi connectivity index (χ4n) is 11.5. The molecule has 0 N–H and O–H groups in total. The number of rotatable bonds is 68. The first-order valence-corrected chi connectivity index (χ1v) is 36.0. The Morgan fingerprint density at radius 1 is 0.205 bits per heavy atom. The van der Waals surface area contributed by atoms with E-state index in [1.54, 1.807) is 0 Å². The van der Waals surface area contributed by atoms with Crippen LogP contribution >= 0.6 is 0 Å². The molecule has 0 bridgehead atoms. The lowest BCUT2D eigenvalue weighted by atomic mass is 10.0. The molecule has 0 aliphatic heterocycles. The molecule has 1 atom stereocenters. The summed E-state index contributed by atoms with van der Waals surface area (Å²) in [4.78, 5) is 38.4. The molecule has 0 aromatic carbocycles. The lowest BCUT2D eigenvalue weighted by Gasteiger charge is -2.18. The van der Waals surface area contributed by atoms with Crippen LogP contribution in [0.5, 0.6) is 0 Å². The Morgan fingerprint density at radius 2 is 0.346 bits per heavy atom. The quantitative estimate of drug-likeness (QED) is 0.0343. The van der Waals surface area contributed by atoms with E-state index in [-0.39, 0.29) is 31.1 Å². The Bertz CT molecular complexity index is 1170. The molecule has 0 fully saturated rings. The molecule has 0 rings (SSSR count). The molecule has 78 heavy (non-hydrogen) atoms. The van der Waals surface area contributed by atoms with Crippen LogP contribution in [0.1, 0.15) is 425 Å². The molecule has 6 heteroatoms. The molecule has 6 nitrogen and oxygen atoms in total. The van der Waals surface area contributed by atoms with Crippen LogP contribution in [0, 0.1) is 0 Å². The van der Waals surface area contributed by atoms with Gasteiger partial charge in [-0.25, -0.2) is 0 Å². The van der Waals surface area contributed by atoms with Crippen molar-refractivity contribution in [2.75, 3.05) is 13.2 Å². The van der Waals surface area contributed by atoms with E-state index >= 15 is 0 Å². The van der Waals surface area contributed by atoms with Gasteiger partial charge in [-0.3, -0.25) is 14.4 Å². The van der Waals surface area contributed by atoms with E-state index in [0.717, 1.165) is 57.8 Å². The van der Waals surface area contributed by atoms with E-state index in [2.05, 4.69) is 20.8 Å². The third kappa shape index (κ3) is 65.2. The molecule has 0 aromatic heterocycles. The van der Waals surface area contributed by atoms with Crippen LogP contribution in [0.3, 0.4) is 0 Å². The van der Waals surface area contributed by atoms with Crippen LogP contribution in [-0.2, 0) is 28.6 Å². The Kier molecular flexibility index (Phi) is 66.5. The lowest BCUT2D eigenvalue weighted by molar-refractivity contribution is -0.167. The fourth-order valence-corrected chi connectivity index (χ4v) is 11.5.